The summed E-state index contributed by atoms with van der Waals surface area (Å²) in [5.41, 5.74) is 0.150. The number of fused-ring (bicyclic) bond motifs is 1. The molecule has 1 unspecified atom stereocenters. The zero-order valence-electron chi connectivity index (χ0n) is 18.8. The number of rotatable bonds is 6. The normalized spacial score (nSPS) is 23.8. The Balaban J connectivity index is 1.45. The van der Waals surface area contributed by atoms with Crippen molar-refractivity contribution in [3.8, 4) is 0 Å². The summed E-state index contributed by atoms with van der Waals surface area (Å²) in [6, 6.07) is 0.193. The van der Waals surface area contributed by atoms with E-state index >= 15 is 0 Å². The van der Waals surface area contributed by atoms with Gasteiger partial charge in [-0.1, -0.05) is 18.3 Å². The SMILES string of the molecule is CCNC(=O)C1CCCN(c2nc3ncn(CC(=O)NC4CCC(C)CC4)c(=O)c3s2)C1. The van der Waals surface area contributed by atoms with Crippen LogP contribution >= 0.6 is 11.3 Å². The summed E-state index contributed by atoms with van der Waals surface area (Å²) in [6.07, 6.45) is 7.39. The zero-order valence-corrected chi connectivity index (χ0v) is 19.6. The second kappa shape index (κ2) is 9.97. The summed E-state index contributed by atoms with van der Waals surface area (Å²) in [6.45, 7) is 6.12. The first-order valence-corrected chi connectivity index (χ1v) is 12.4. The number of nitrogens with zero attached hydrogens (tertiary/aromatic N) is 4. The molecule has 2 amide bonds. The minimum Gasteiger partial charge on any atom is -0.356 e. The third-order valence-electron chi connectivity index (χ3n) is 6.48. The van der Waals surface area contributed by atoms with Crippen LogP contribution < -0.4 is 21.1 Å². The minimum absolute atomic E-state index is 0.0377. The minimum atomic E-state index is -0.247. The second-order valence-electron chi connectivity index (χ2n) is 9.03. The van der Waals surface area contributed by atoms with Crippen LogP contribution in [0.15, 0.2) is 11.1 Å². The molecule has 1 saturated heterocycles. The highest BCUT2D eigenvalue weighted by molar-refractivity contribution is 7.22. The fourth-order valence-corrected chi connectivity index (χ4v) is 5.60. The zero-order chi connectivity index (χ0) is 22.7. The van der Waals surface area contributed by atoms with Crippen LogP contribution in [0.3, 0.4) is 0 Å². The third kappa shape index (κ3) is 5.11. The summed E-state index contributed by atoms with van der Waals surface area (Å²) < 4.78 is 1.81. The maximum atomic E-state index is 13.0. The summed E-state index contributed by atoms with van der Waals surface area (Å²) >= 11 is 1.29. The molecule has 1 saturated carbocycles. The monoisotopic (exact) mass is 460 g/mol. The number of amides is 2. The van der Waals surface area contributed by atoms with Gasteiger partial charge in [-0.25, -0.2) is 4.98 Å². The van der Waals surface area contributed by atoms with Crippen LogP contribution in [-0.4, -0.2) is 52.0 Å². The Morgan fingerprint density at radius 1 is 1.22 bits per heavy atom. The van der Waals surface area contributed by atoms with E-state index < -0.39 is 0 Å². The second-order valence-corrected chi connectivity index (χ2v) is 10.0. The molecule has 2 N–H and O–H groups in total. The van der Waals surface area contributed by atoms with Gasteiger partial charge in [0.1, 0.15) is 17.6 Å². The van der Waals surface area contributed by atoms with Crippen molar-refractivity contribution in [1.82, 2.24) is 25.2 Å². The lowest BCUT2D eigenvalue weighted by atomic mass is 9.87. The van der Waals surface area contributed by atoms with Gasteiger partial charge in [0.25, 0.3) is 5.56 Å². The van der Waals surface area contributed by atoms with Crippen molar-refractivity contribution in [2.24, 2.45) is 11.8 Å². The van der Waals surface area contributed by atoms with Crippen LogP contribution in [0.2, 0.25) is 0 Å². The van der Waals surface area contributed by atoms with Gasteiger partial charge in [0.05, 0.1) is 5.92 Å². The number of thiazole rings is 1. The lowest BCUT2D eigenvalue weighted by Gasteiger charge is -2.31. The van der Waals surface area contributed by atoms with E-state index in [9.17, 15) is 14.4 Å². The summed E-state index contributed by atoms with van der Waals surface area (Å²) in [4.78, 5) is 48.7. The summed E-state index contributed by atoms with van der Waals surface area (Å²) in [5, 5.41) is 6.66. The number of carbonyl (C=O) groups excluding carboxylic acids is 2. The van der Waals surface area contributed by atoms with Crippen LogP contribution in [0, 0.1) is 11.8 Å². The summed E-state index contributed by atoms with van der Waals surface area (Å²) in [5.74, 6) is 0.552. The van der Waals surface area contributed by atoms with Crippen molar-refractivity contribution in [2.75, 3.05) is 24.5 Å². The van der Waals surface area contributed by atoms with Crippen molar-refractivity contribution < 1.29 is 9.59 Å². The fraction of sp³-hybridized carbons (Fsp3) is 0.682. The Labute approximate surface area is 191 Å². The number of anilines is 1. The topological polar surface area (TPSA) is 109 Å². The maximum Gasteiger partial charge on any atom is 0.273 e. The molecule has 1 aliphatic carbocycles. The molecule has 1 aliphatic heterocycles. The van der Waals surface area contributed by atoms with Gasteiger partial charge in [-0.05, 0) is 51.4 Å². The predicted molar refractivity (Wildman–Crippen MR) is 125 cm³/mol. The van der Waals surface area contributed by atoms with E-state index in [-0.39, 0.29) is 35.9 Å². The van der Waals surface area contributed by atoms with Crippen molar-refractivity contribution in [3.05, 3.63) is 16.7 Å². The van der Waals surface area contributed by atoms with Crippen molar-refractivity contribution in [1.29, 1.82) is 0 Å². The average Bonchev–Trinajstić information content (AvgIpc) is 3.23. The Morgan fingerprint density at radius 2 is 2.00 bits per heavy atom. The number of nitrogens with one attached hydrogen (secondary N) is 2. The van der Waals surface area contributed by atoms with Gasteiger partial charge in [0, 0.05) is 25.7 Å². The predicted octanol–water partition coefficient (Wildman–Crippen LogP) is 1.90. The number of piperidine rings is 1. The Morgan fingerprint density at radius 3 is 2.75 bits per heavy atom. The number of hydrogen-bond donors (Lipinski definition) is 2. The van der Waals surface area contributed by atoms with Crippen molar-refractivity contribution in [2.45, 2.75) is 65.0 Å². The fourth-order valence-electron chi connectivity index (χ4n) is 4.60. The largest absolute Gasteiger partial charge is 0.356 e. The van der Waals surface area contributed by atoms with Crippen LogP contribution in [-0.2, 0) is 16.1 Å². The average molecular weight is 461 g/mol. The molecular formula is C22H32N6O3S. The summed E-state index contributed by atoms with van der Waals surface area (Å²) in [7, 11) is 0. The van der Waals surface area contributed by atoms with E-state index in [1.165, 1.54) is 22.2 Å². The molecular weight excluding hydrogens is 428 g/mol. The van der Waals surface area contributed by atoms with Crippen LogP contribution in [0.5, 0.6) is 0 Å². The molecule has 0 radical (unpaired) electrons. The lowest BCUT2D eigenvalue weighted by molar-refractivity contribution is -0.125. The molecule has 3 heterocycles. The highest BCUT2D eigenvalue weighted by Crippen LogP contribution is 2.29. The molecule has 2 aromatic heterocycles. The highest BCUT2D eigenvalue weighted by Gasteiger charge is 2.28. The number of carbonyl (C=O) groups is 2. The van der Waals surface area contributed by atoms with Gasteiger partial charge in [0.15, 0.2) is 10.8 Å². The third-order valence-corrected chi connectivity index (χ3v) is 7.57. The van der Waals surface area contributed by atoms with Crippen molar-refractivity contribution >= 4 is 38.6 Å². The smallest absolute Gasteiger partial charge is 0.273 e. The Bertz CT molecular complexity index is 1030. The van der Waals surface area contributed by atoms with Crippen LogP contribution in [0.1, 0.15) is 52.4 Å². The van der Waals surface area contributed by atoms with Gasteiger partial charge in [-0.15, -0.1) is 0 Å². The molecule has 10 heteroatoms. The molecule has 2 aliphatic rings. The highest BCUT2D eigenvalue weighted by atomic mass is 32.1. The molecule has 0 aromatic carbocycles. The van der Waals surface area contributed by atoms with Gasteiger partial charge in [-0.3, -0.25) is 19.0 Å². The molecule has 1 atom stereocenters. The molecule has 0 spiro atoms. The number of hydrogen-bond acceptors (Lipinski definition) is 7. The maximum absolute atomic E-state index is 13.0. The van der Waals surface area contributed by atoms with Crippen LogP contribution in [0.25, 0.3) is 10.3 Å². The van der Waals surface area contributed by atoms with Gasteiger partial charge < -0.3 is 15.5 Å². The van der Waals surface area contributed by atoms with E-state index in [0.717, 1.165) is 45.1 Å². The van der Waals surface area contributed by atoms with Crippen LogP contribution in [0.4, 0.5) is 5.13 Å². The molecule has 2 fully saturated rings. The Kier molecular flexibility index (Phi) is 7.07. The first-order chi connectivity index (χ1) is 15.4. The molecule has 2 aromatic rings. The molecule has 4 rings (SSSR count). The van der Waals surface area contributed by atoms with E-state index in [0.29, 0.717) is 34.5 Å². The van der Waals surface area contributed by atoms with E-state index in [1.54, 1.807) is 0 Å². The first-order valence-electron chi connectivity index (χ1n) is 11.6. The van der Waals surface area contributed by atoms with Crippen molar-refractivity contribution in [3.63, 3.8) is 0 Å². The molecule has 174 valence electrons. The lowest BCUT2D eigenvalue weighted by Crippen LogP contribution is -2.43. The Hall–Kier alpha value is -2.49. The molecule has 32 heavy (non-hydrogen) atoms. The molecule has 9 nitrogen and oxygen atoms in total. The number of aromatic nitrogens is 3. The standard InChI is InChI=1S/C22H32N6O3S/c1-3-23-20(30)15-5-4-10-27(11-15)22-26-19-18(32-22)21(31)28(13-24-19)12-17(29)25-16-8-6-14(2)7-9-16/h13-16H,3-12H2,1-2H3,(H,23,30)(H,25,29). The van der Waals surface area contributed by atoms with Gasteiger partial charge in [-0.2, -0.15) is 4.98 Å². The molecule has 0 bridgehead atoms. The first kappa shape index (κ1) is 22.7. The van der Waals surface area contributed by atoms with E-state index in [2.05, 4.69) is 32.4 Å². The van der Waals surface area contributed by atoms with Gasteiger partial charge in [0.2, 0.25) is 11.8 Å². The quantitative estimate of drug-likeness (QED) is 0.682. The van der Waals surface area contributed by atoms with E-state index in [4.69, 9.17) is 0 Å². The van der Waals surface area contributed by atoms with Gasteiger partial charge >= 0.3 is 0 Å². The van der Waals surface area contributed by atoms with E-state index in [1.807, 2.05) is 6.92 Å².